The molecule has 1 aromatic carbocycles. The highest BCUT2D eigenvalue weighted by Gasteiger charge is 2.31. The molecule has 0 amide bonds. The molecule has 0 radical (unpaired) electrons. The Morgan fingerprint density at radius 1 is 0.708 bits per heavy atom. The molecule has 2 fully saturated rings. The van der Waals surface area contributed by atoms with Gasteiger partial charge in [0.15, 0.2) is 0 Å². The summed E-state index contributed by atoms with van der Waals surface area (Å²) >= 11 is 0. The summed E-state index contributed by atoms with van der Waals surface area (Å²) in [6.45, 7) is 2.32. The van der Waals surface area contributed by atoms with E-state index in [-0.39, 0.29) is 0 Å². The molecule has 24 heavy (non-hydrogen) atoms. The Balaban J connectivity index is 1.36. The molecule has 0 heterocycles. The Kier molecular flexibility index (Phi) is 7.24. The van der Waals surface area contributed by atoms with E-state index in [1.807, 2.05) is 0 Å². The van der Waals surface area contributed by atoms with Gasteiger partial charge in [-0.05, 0) is 67.8 Å². The zero-order chi connectivity index (χ0) is 16.6. The van der Waals surface area contributed by atoms with Gasteiger partial charge in [-0.2, -0.15) is 0 Å². The van der Waals surface area contributed by atoms with E-state index in [0.29, 0.717) is 0 Å². The lowest BCUT2D eigenvalue weighted by molar-refractivity contribution is 0.155. The third kappa shape index (κ3) is 5.11. The van der Waals surface area contributed by atoms with Gasteiger partial charge >= 0.3 is 0 Å². The molecule has 0 bridgehead atoms. The first kappa shape index (κ1) is 18.0. The van der Waals surface area contributed by atoms with Gasteiger partial charge in [-0.1, -0.05) is 82.2 Å². The normalized spacial score (nSPS) is 31.0. The van der Waals surface area contributed by atoms with Gasteiger partial charge in [-0.15, -0.1) is 0 Å². The van der Waals surface area contributed by atoms with Crippen LogP contribution in [0.25, 0.3) is 0 Å². The highest BCUT2D eigenvalue weighted by Crippen LogP contribution is 2.44. The molecule has 2 saturated carbocycles. The summed E-state index contributed by atoms with van der Waals surface area (Å²) in [5.41, 5.74) is 1.59. The molecule has 3 rings (SSSR count). The topological polar surface area (TPSA) is 0 Å². The van der Waals surface area contributed by atoms with Crippen LogP contribution >= 0.6 is 0 Å². The first-order chi connectivity index (χ1) is 11.9. The number of benzene rings is 1. The van der Waals surface area contributed by atoms with Crippen molar-refractivity contribution in [1.29, 1.82) is 0 Å². The number of hydrogen-bond donors (Lipinski definition) is 0. The van der Waals surface area contributed by atoms with E-state index in [1.54, 1.807) is 18.4 Å². The van der Waals surface area contributed by atoms with Crippen LogP contribution < -0.4 is 0 Å². The fraction of sp³-hybridized carbons (Fsp3) is 0.750. The van der Waals surface area contributed by atoms with E-state index in [9.17, 15) is 0 Å². The molecule has 1 aromatic rings. The van der Waals surface area contributed by atoms with Gasteiger partial charge in [0.25, 0.3) is 0 Å². The van der Waals surface area contributed by atoms with Crippen LogP contribution in [-0.4, -0.2) is 0 Å². The smallest absolute Gasteiger partial charge is 0.0162 e. The predicted octanol–water partition coefficient (Wildman–Crippen LogP) is 7.74. The van der Waals surface area contributed by atoms with Crippen molar-refractivity contribution in [3.63, 3.8) is 0 Å². The maximum Gasteiger partial charge on any atom is -0.0162 e. The fourth-order valence-corrected chi connectivity index (χ4v) is 5.46. The number of rotatable bonds is 7. The lowest BCUT2D eigenvalue weighted by Crippen LogP contribution is -2.25. The Hall–Kier alpha value is -0.780. The highest BCUT2D eigenvalue weighted by molar-refractivity contribution is 5.19. The van der Waals surface area contributed by atoms with Crippen molar-refractivity contribution < 1.29 is 0 Å². The van der Waals surface area contributed by atoms with Gasteiger partial charge < -0.3 is 0 Å². The number of hydrogen-bond acceptors (Lipinski definition) is 0. The van der Waals surface area contributed by atoms with Gasteiger partial charge in [-0.3, -0.25) is 0 Å². The predicted molar refractivity (Wildman–Crippen MR) is 105 cm³/mol. The molecule has 134 valence electrons. The molecule has 0 spiro atoms. The van der Waals surface area contributed by atoms with Crippen molar-refractivity contribution >= 4 is 0 Å². The molecule has 0 aromatic heterocycles. The Morgan fingerprint density at radius 3 is 1.96 bits per heavy atom. The molecule has 0 unspecified atom stereocenters. The maximum atomic E-state index is 2.34. The molecule has 2 aliphatic carbocycles. The van der Waals surface area contributed by atoms with Gasteiger partial charge in [0.2, 0.25) is 0 Å². The summed E-state index contributed by atoms with van der Waals surface area (Å²) in [7, 11) is 0. The van der Waals surface area contributed by atoms with Crippen LogP contribution in [0.3, 0.4) is 0 Å². The van der Waals surface area contributed by atoms with Crippen molar-refractivity contribution in [3.05, 3.63) is 35.9 Å². The van der Waals surface area contributed by atoms with Gasteiger partial charge in [-0.25, -0.2) is 0 Å². The fourth-order valence-electron chi connectivity index (χ4n) is 5.46. The second-order valence-corrected chi connectivity index (χ2v) is 8.65. The molecular weight excluding hydrogens is 288 g/mol. The minimum atomic E-state index is 0.845. The zero-order valence-electron chi connectivity index (χ0n) is 15.9. The molecule has 0 heteroatoms. The molecule has 2 aliphatic rings. The first-order valence-electron chi connectivity index (χ1n) is 10.9. The van der Waals surface area contributed by atoms with E-state index >= 15 is 0 Å². The van der Waals surface area contributed by atoms with Crippen molar-refractivity contribution in [2.24, 2.45) is 17.8 Å². The van der Waals surface area contributed by atoms with Crippen LogP contribution in [0.1, 0.15) is 102 Å². The molecule has 0 N–H and O–H groups in total. The Bertz CT molecular complexity index is 432. The van der Waals surface area contributed by atoms with Crippen LogP contribution in [0, 0.1) is 17.8 Å². The van der Waals surface area contributed by atoms with Crippen molar-refractivity contribution in [2.45, 2.75) is 96.3 Å². The summed E-state index contributed by atoms with van der Waals surface area (Å²) in [5.74, 6) is 4.02. The van der Waals surface area contributed by atoms with Gasteiger partial charge in [0, 0.05) is 0 Å². The lowest BCUT2D eigenvalue weighted by atomic mass is 9.68. The average molecular weight is 327 g/mol. The van der Waals surface area contributed by atoms with Crippen LogP contribution in [0.4, 0.5) is 0 Å². The number of unbranched alkanes of at least 4 members (excludes halogenated alkanes) is 3. The summed E-state index contributed by atoms with van der Waals surface area (Å²) in [6, 6.07) is 11.3. The quantitative estimate of drug-likeness (QED) is 0.449. The Labute approximate surface area is 150 Å². The van der Waals surface area contributed by atoms with E-state index in [0.717, 1.165) is 23.7 Å². The summed E-state index contributed by atoms with van der Waals surface area (Å²) < 4.78 is 0. The molecule has 0 aliphatic heterocycles. The third-order valence-corrected chi connectivity index (χ3v) is 7.07. The van der Waals surface area contributed by atoms with E-state index in [2.05, 4.69) is 37.3 Å². The highest BCUT2D eigenvalue weighted by atomic mass is 14.4. The first-order valence-corrected chi connectivity index (χ1v) is 10.9. The van der Waals surface area contributed by atoms with E-state index in [4.69, 9.17) is 0 Å². The largest absolute Gasteiger partial charge is 0.0654 e. The summed E-state index contributed by atoms with van der Waals surface area (Å²) in [5, 5.41) is 0. The lowest BCUT2D eigenvalue weighted by Gasteiger charge is -2.38. The molecule has 0 nitrogen and oxygen atoms in total. The van der Waals surface area contributed by atoms with Crippen molar-refractivity contribution in [1.82, 2.24) is 0 Å². The van der Waals surface area contributed by atoms with Crippen LogP contribution in [0.2, 0.25) is 0 Å². The third-order valence-electron chi connectivity index (χ3n) is 7.07. The average Bonchev–Trinajstić information content (AvgIpc) is 2.67. The zero-order valence-corrected chi connectivity index (χ0v) is 15.9. The summed E-state index contributed by atoms with van der Waals surface area (Å²) in [6.07, 6.45) is 19.3. The molecule has 0 atom stereocenters. The van der Waals surface area contributed by atoms with Gasteiger partial charge in [0.05, 0.1) is 0 Å². The SMILES string of the molecule is CCCCCC[C@H]1CC[C@H]([C@H]2CC[C@H](c3ccccc3)CC2)CC1. The van der Waals surface area contributed by atoms with Crippen LogP contribution in [-0.2, 0) is 0 Å². The monoisotopic (exact) mass is 326 g/mol. The summed E-state index contributed by atoms with van der Waals surface area (Å²) in [4.78, 5) is 0. The maximum absolute atomic E-state index is 2.34. The minimum absolute atomic E-state index is 0.845. The van der Waals surface area contributed by atoms with Crippen LogP contribution in [0.15, 0.2) is 30.3 Å². The van der Waals surface area contributed by atoms with Crippen molar-refractivity contribution in [2.75, 3.05) is 0 Å². The van der Waals surface area contributed by atoms with Gasteiger partial charge in [0.1, 0.15) is 0 Å². The molecule has 0 saturated heterocycles. The second-order valence-electron chi connectivity index (χ2n) is 8.65. The van der Waals surface area contributed by atoms with E-state index < -0.39 is 0 Å². The Morgan fingerprint density at radius 2 is 1.33 bits per heavy atom. The van der Waals surface area contributed by atoms with E-state index in [1.165, 1.54) is 70.6 Å². The standard InChI is InChI=1S/C24H38/c1-2-3-4-6-9-20-12-14-22(15-13-20)24-18-16-23(17-19-24)21-10-7-5-8-11-21/h5,7-8,10-11,20,22-24H,2-4,6,9,12-19H2,1H3/t20-,22-,23-,24-. The minimum Gasteiger partial charge on any atom is -0.0654 e. The van der Waals surface area contributed by atoms with Crippen molar-refractivity contribution in [3.8, 4) is 0 Å². The molecular formula is C24H38. The van der Waals surface area contributed by atoms with Crippen LogP contribution in [0.5, 0.6) is 0 Å². The second kappa shape index (κ2) is 9.64.